The second kappa shape index (κ2) is 7.10. The lowest BCUT2D eigenvalue weighted by molar-refractivity contribution is 0.490. The molecule has 1 aliphatic carbocycles. The number of thiazole rings is 1. The molecule has 0 bridgehead atoms. The van der Waals surface area contributed by atoms with Gasteiger partial charge in [0.1, 0.15) is 0 Å². The van der Waals surface area contributed by atoms with E-state index in [1.165, 1.54) is 37.1 Å². The molecule has 4 heteroatoms. The Bertz CT molecular complexity index is 341. The van der Waals surface area contributed by atoms with Crippen molar-refractivity contribution in [1.29, 1.82) is 0 Å². The van der Waals surface area contributed by atoms with Crippen LogP contribution >= 0.6 is 11.3 Å². The minimum atomic E-state index is 0.917. The van der Waals surface area contributed by atoms with Crippen LogP contribution in [0.5, 0.6) is 0 Å². The average Bonchev–Trinajstić information content (AvgIpc) is 3.03. The number of nitrogens with zero attached hydrogens (tertiary/aromatic N) is 2. The van der Waals surface area contributed by atoms with E-state index in [1.54, 1.807) is 0 Å². The van der Waals surface area contributed by atoms with Crippen LogP contribution in [0.1, 0.15) is 44.4 Å². The third kappa shape index (κ3) is 3.69. The monoisotopic (exact) mass is 267 g/mol. The van der Waals surface area contributed by atoms with E-state index in [2.05, 4.69) is 29.0 Å². The van der Waals surface area contributed by atoms with Gasteiger partial charge in [0.05, 0.1) is 0 Å². The number of anilines is 1. The highest BCUT2D eigenvalue weighted by molar-refractivity contribution is 7.15. The molecule has 0 saturated heterocycles. The average molecular weight is 267 g/mol. The molecule has 102 valence electrons. The van der Waals surface area contributed by atoms with Gasteiger partial charge in [-0.3, -0.25) is 0 Å². The number of rotatable bonds is 7. The summed E-state index contributed by atoms with van der Waals surface area (Å²) in [5, 5.41) is 4.75. The summed E-state index contributed by atoms with van der Waals surface area (Å²) in [6, 6.07) is 0. The van der Waals surface area contributed by atoms with Gasteiger partial charge in [-0.05, 0) is 39.2 Å². The highest BCUT2D eigenvalue weighted by Gasteiger charge is 2.14. The molecule has 1 fully saturated rings. The first-order valence-corrected chi connectivity index (χ1v) is 8.05. The minimum Gasteiger partial charge on any atom is -0.349 e. The van der Waals surface area contributed by atoms with Crippen molar-refractivity contribution in [1.82, 2.24) is 10.3 Å². The fourth-order valence-electron chi connectivity index (χ4n) is 2.63. The number of hydrogen-bond acceptors (Lipinski definition) is 4. The van der Waals surface area contributed by atoms with Crippen molar-refractivity contribution >= 4 is 16.5 Å². The number of aromatic nitrogens is 1. The zero-order chi connectivity index (χ0) is 12.8. The van der Waals surface area contributed by atoms with Crippen molar-refractivity contribution in [3.8, 4) is 0 Å². The van der Waals surface area contributed by atoms with Crippen molar-refractivity contribution in [2.45, 2.75) is 46.1 Å². The molecule has 0 spiro atoms. The molecule has 18 heavy (non-hydrogen) atoms. The Hall–Kier alpha value is -0.610. The molecule has 3 nitrogen and oxygen atoms in total. The first kappa shape index (κ1) is 13.8. The molecule has 1 N–H and O–H groups in total. The molecule has 0 amide bonds. The van der Waals surface area contributed by atoms with E-state index in [0.717, 1.165) is 30.7 Å². The van der Waals surface area contributed by atoms with Crippen LogP contribution in [0.4, 0.5) is 5.13 Å². The van der Waals surface area contributed by atoms with Crippen LogP contribution in [0.15, 0.2) is 6.20 Å². The summed E-state index contributed by atoms with van der Waals surface area (Å²) < 4.78 is 0. The molecular weight excluding hydrogens is 242 g/mol. The van der Waals surface area contributed by atoms with Crippen LogP contribution in [0, 0.1) is 5.92 Å². The maximum atomic E-state index is 4.51. The lowest BCUT2D eigenvalue weighted by Gasteiger charge is -2.16. The summed E-state index contributed by atoms with van der Waals surface area (Å²) in [5.41, 5.74) is 0. The third-order valence-corrected chi connectivity index (χ3v) is 4.84. The molecule has 2 rings (SSSR count). The highest BCUT2D eigenvalue weighted by atomic mass is 32.1. The maximum Gasteiger partial charge on any atom is 0.185 e. The van der Waals surface area contributed by atoms with E-state index >= 15 is 0 Å². The first-order valence-electron chi connectivity index (χ1n) is 7.23. The molecule has 0 atom stereocenters. The fourth-order valence-corrected chi connectivity index (χ4v) is 3.64. The Labute approximate surface area is 115 Å². The normalized spacial score (nSPS) is 16.3. The van der Waals surface area contributed by atoms with Crippen molar-refractivity contribution in [3.63, 3.8) is 0 Å². The van der Waals surface area contributed by atoms with Gasteiger partial charge < -0.3 is 10.2 Å². The molecule has 0 aromatic carbocycles. The quantitative estimate of drug-likeness (QED) is 0.822. The Kier molecular flexibility index (Phi) is 5.45. The Balaban J connectivity index is 1.75. The van der Waals surface area contributed by atoms with Gasteiger partial charge in [0.15, 0.2) is 5.13 Å². The van der Waals surface area contributed by atoms with Crippen LogP contribution in [0.3, 0.4) is 0 Å². The second-order valence-electron chi connectivity index (χ2n) is 5.06. The van der Waals surface area contributed by atoms with Gasteiger partial charge in [-0.15, -0.1) is 11.3 Å². The molecule has 1 heterocycles. The van der Waals surface area contributed by atoms with Gasteiger partial charge >= 0.3 is 0 Å². The summed E-state index contributed by atoms with van der Waals surface area (Å²) in [6.07, 6.45) is 7.72. The van der Waals surface area contributed by atoms with E-state index in [0.29, 0.717) is 0 Å². The molecule has 0 unspecified atom stereocenters. The van der Waals surface area contributed by atoms with Crippen molar-refractivity contribution < 1.29 is 0 Å². The van der Waals surface area contributed by atoms with Gasteiger partial charge in [-0.1, -0.05) is 12.8 Å². The zero-order valence-corrected chi connectivity index (χ0v) is 12.4. The van der Waals surface area contributed by atoms with Gasteiger partial charge in [0, 0.05) is 30.7 Å². The predicted molar refractivity (Wildman–Crippen MR) is 79.3 cm³/mol. The predicted octanol–water partition coefficient (Wildman–Crippen LogP) is 3.27. The summed E-state index contributed by atoms with van der Waals surface area (Å²) >= 11 is 1.82. The van der Waals surface area contributed by atoms with E-state index in [4.69, 9.17) is 0 Å². The van der Waals surface area contributed by atoms with Crippen LogP contribution in [0.25, 0.3) is 0 Å². The lowest BCUT2D eigenvalue weighted by atomic mass is 10.1. The van der Waals surface area contributed by atoms with E-state index in [1.807, 2.05) is 17.5 Å². The number of hydrogen-bond donors (Lipinski definition) is 1. The van der Waals surface area contributed by atoms with Crippen LogP contribution in [0.2, 0.25) is 0 Å². The fraction of sp³-hybridized carbons (Fsp3) is 0.786. The van der Waals surface area contributed by atoms with Crippen molar-refractivity contribution in [2.24, 2.45) is 5.92 Å². The minimum absolute atomic E-state index is 0.917. The topological polar surface area (TPSA) is 28.2 Å². The summed E-state index contributed by atoms with van der Waals surface area (Å²) in [7, 11) is 0. The summed E-state index contributed by atoms with van der Waals surface area (Å²) in [6.45, 7) is 8.61. The highest BCUT2D eigenvalue weighted by Crippen LogP contribution is 2.25. The zero-order valence-electron chi connectivity index (χ0n) is 11.6. The number of nitrogens with one attached hydrogen (secondary N) is 1. The Morgan fingerprint density at radius 2 is 2.06 bits per heavy atom. The third-order valence-electron chi connectivity index (χ3n) is 3.78. The smallest absolute Gasteiger partial charge is 0.185 e. The first-order chi connectivity index (χ1) is 8.83. The molecule has 1 saturated carbocycles. The maximum absolute atomic E-state index is 4.51. The van der Waals surface area contributed by atoms with Gasteiger partial charge in [0.2, 0.25) is 0 Å². The standard InChI is InChI=1S/C14H25N3S/c1-3-17(4-2)14-16-11-13(18-14)10-15-9-12-7-5-6-8-12/h11-12,15H,3-10H2,1-2H3. The Morgan fingerprint density at radius 1 is 1.33 bits per heavy atom. The van der Waals surface area contributed by atoms with E-state index < -0.39 is 0 Å². The van der Waals surface area contributed by atoms with Gasteiger partial charge in [0.25, 0.3) is 0 Å². The summed E-state index contributed by atoms with van der Waals surface area (Å²) in [5.74, 6) is 0.917. The molecule has 1 aromatic rings. The molecule has 0 aliphatic heterocycles. The SMILES string of the molecule is CCN(CC)c1ncc(CNCC2CCCC2)s1. The van der Waals surface area contributed by atoms with Crippen LogP contribution in [-0.2, 0) is 6.54 Å². The van der Waals surface area contributed by atoms with Crippen molar-refractivity contribution in [3.05, 3.63) is 11.1 Å². The molecule has 1 aliphatic rings. The van der Waals surface area contributed by atoms with E-state index in [-0.39, 0.29) is 0 Å². The molecule has 1 aromatic heterocycles. The van der Waals surface area contributed by atoms with Gasteiger partial charge in [-0.2, -0.15) is 0 Å². The molecule has 0 radical (unpaired) electrons. The van der Waals surface area contributed by atoms with Crippen molar-refractivity contribution in [2.75, 3.05) is 24.5 Å². The lowest BCUT2D eigenvalue weighted by Crippen LogP contribution is -2.21. The van der Waals surface area contributed by atoms with E-state index in [9.17, 15) is 0 Å². The van der Waals surface area contributed by atoms with Crippen LogP contribution < -0.4 is 10.2 Å². The molecular formula is C14H25N3S. The van der Waals surface area contributed by atoms with Crippen LogP contribution in [-0.4, -0.2) is 24.6 Å². The second-order valence-corrected chi connectivity index (χ2v) is 6.16. The summed E-state index contributed by atoms with van der Waals surface area (Å²) in [4.78, 5) is 8.18. The van der Waals surface area contributed by atoms with Gasteiger partial charge in [-0.25, -0.2) is 4.98 Å². The Morgan fingerprint density at radius 3 is 2.72 bits per heavy atom. The largest absolute Gasteiger partial charge is 0.349 e.